The summed E-state index contributed by atoms with van der Waals surface area (Å²) >= 11 is 0. The number of fused-ring (bicyclic) bond motifs is 1. The molecule has 1 aromatic heterocycles. The van der Waals surface area contributed by atoms with Crippen LogP contribution in [0.25, 0.3) is 34.4 Å². The number of pyridine rings is 1. The number of nitrogens with zero attached hydrogens (tertiary/aromatic N) is 1. The zero-order valence-corrected chi connectivity index (χ0v) is 13.4. The SMILES string of the molecule is C=c1nc2ccccc2c(-c2ccccc2)c1=C(O)/C=C/C1CC1. The Hall–Kier alpha value is -2.87. The highest BCUT2D eigenvalue weighted by molar-refractivity contribution is 5.95. The zero-order valence-electron chi connectivity index (χ0n) is 13.4. The highest BCUT2D eigenvalue weighted by Gasteiger charge is 2.17. The molecule has 1 heterocycles. The van der Waals surface area contributed by atoms with E-state index < -0.39 is 0 Å². The smallest absolute Gasteiger partial charge is 0.125 e. The first-order valence-corrected chi connectivity index (χ1v) is 8.28. The minimum atomic E-state index is 0.240. The van der Waals surface area contributed by atoms with Crippen molar-refractivity contribution < 1.29 is 5.11 Å². The minimum Gasteiger partial charge on any atom is -0.507 e. The van der Waals surface area contributed by atoms with Crippen LogP contribution in [0.2, 0.25) is 0 Å². The highest BCUT2D eigenvalue weighted by atomic mass is 16.3. The molecule has 0 amide bonds. The van der Waals surface area contributed by atoms with Crippen LogP contribution in [0.1, 0.15) is 12.8 Å². The largest absolute Gasteiger partial charge is 0.507 e. The van der Waals surface area contributed by atoms with Gasteiger partial charge in [0.2, 0.25) is 0 Å². The standard InChI is InChI=1S/C22H19NO/c1-15-21(20(24)14-13-16-11-12-16)22(17-7-3-2-4-8-17)18-9-5-6-10-19(18)23-15/h2-10,13-14,16,24H,1,11-12H2/b14-13+,21-20?. The Labute approximate surface area is 141 Å². The molecule has 0 bridgehead atoms. The fourth-order valence-corrected chi connectivity index (χ4v) is 3.04. The molecule has 0 saturated heterocycles. The number of aliphatic hydroxyl groups is 1. The molecule has 2 nitrogen and oxygen atoms in total. The van der Waals surface area contributed by atoms with E-state index in [2.05, 4.69) is 29.8 Å². The van der Waals surface area contributed by atoms with Gasteiger partial charge in [-0.2, -0.15) is 0 Å². The average molecular weight is 313 g/mol. The molecule has 1 saturated carbocycles. The molecule has 3 aromatic rings. The summed E-state index contributed by atoms with van der Waals surface area (Å²) in [5.74, 6) is 0.845. The van der Waals surface area contributed by atoms with Gasteiger partial charge in [0.15, 0.2) is 0 Å². The van der Waals surface area contributed by atoms with Gasteiger partial charge in [0.05, 0.1) is 10.9 Å². The van der Waals surface area contributed by atoms with Gasteiger partial charge >= 0.3 is 0 Å². The van der Waals surface area contributed by atoms with Crippen LogP contribution in [0.15, 0.2) is 66.7 Å². The molecular weight excluding hydrogens is 294 g/mol. The van der Waals surface area contributed by atoms with E-state index in [-0.39, 0.29) is 5.76 Å². The summed E-state index contributed by atoms with van der Waals surface area (Å²) in [6.45, 7) is 4.09. The molecule has 2 heteroatoms. The molecule has 1 fully saturated rings. The number of aliphatic hydroxyl groups excluding tert-OH is 1. The lowest BCUT2D eigenvalue weighted by Gasteiger charge is -2.09. The van der Waals surface area contributed by atoms with Gasteiger partial charge in [0.1, 0.15) is 5.76 Å². The van der Waals surface area contributed by atoms with Crippen LogP contribution in [-0.4, -0.2) is 10.1 Å². The molecular formula is C22H19NO. The lowest BCUT2D eigenvalue weighted by molar-refractivity contribution is 0.511. The first-order chi connectivity index (χ1) is 11.7. The van der Waals surface area contributed by atoms with Crippen LogP contribution in [0.4, 0.5) is 0 Å². The van der Waals surface area contributed by atoms with Crippen molar-refractivity contribution in [3.63, 3.8) is 0 Å². The van der Waals surface area contributed by atoms with E-state index in [1.54, 1.807) is 0 Å². The molecule has 0 spiro atoms. The Kier molecular flexibility index (Phi) is 3.66. The molecule has 1 N–H and O–H groups in total. The second kappa shape index (κ2) is 5.97. The fraction of sp³-hybridized carbons (Fsp3) is 0.136. The molecule has 1 aliphatic carbocycles. The van der Waals surface area contributed by atoms with Crippen molar-refractivity contribution >= 4 is 23.2 Å². The Morgan fingerprint density at radius 2 is 1.75 bits per heavy atom. The lowest BCUT2D eigenvalue weighted by Crippen LogP contribution is -2.31. The lowest BCUT2D eigenvalue weighted by atomic mass is 9.98. The van der Waals surface area contributed by atoms with Crippen LogP contribution < -0.4 is 10.6 Å². The van der Waals surface area contributed by atoms with Gasteiger partial charge in [-0.15, -0.1) is 0 Å². The van der Waals surface area contributed by atoms with Crippen molar-refractivity contribution in [2.24, 2.45) is 5.92 Å². The van der Waals surface area contributed by atoms with Gasteiger partial charge in [0.25, 0.3) is 0 Å². The zero-order chi connectivity index (χ0) is 16.5. The van der Waals surface area contributed by atoms with Gasteiger partial charge in [-0.1, -0.05) is 61.2 Å². The second-order valence-corrected chi connectivity index (χ2v) is 6.27. The maximum atomic E-state index is 10.7. The van der Waals surface area contributed by atoms with Crippen molar-refractivity contribution in [3.8, 4) is 11.1 Å². The molecule has 4 rings (SSSR count). The van der Waals surface area contributed by atoms with Crippen molar-refractivity contribution in [1.82, 2.24) is 4.98 Å². The summed E-state index contributed by atoms with van der Waals surface area (Å²) in [7, 11) is 0. The van der Waals surface area contributed by atoms with Crippen LogP contribution in [0.3, 0.4) is 0 Å². The summed E-state index contributed by atoms with van der Waals surface area (Å²) in [6, 6.07) is 18.1. The second-order valence-electron chi connectivity index (χ2n) is 6.27. The van der Waals surface area contributed by atoms with E-state index >= 15 is 0 Å². The molecule has 0 radical (unpaired) electrons. The third-order valence-corrected chi connectivity index (χ3v) is 4.43. The summed E-state index contributed by atoms with van der Waals surface area (Å²) in [6.07, 6.45) is 6.31. The molecule has 1 aliphatic rings. The monoisotopic (exact) mass is 313 g/mol. The maximum absolute atomic E-state index is 10.7. The van der Waals surface area contributed by atoms with Gasteiger partial charge in [0, 0.05) is 16.2 Å². The molecule has 0 atom stereocenters. The molecule has 0 aliphatic heterocycles. The Bertz CT molecular complexity index is 1030. The summed E-state index contributed by atoms with van der Waals surface area (Å²) in [4.78, 5) is 4.60. The van der Waals surface area contributed by atoms with E-state index in [9.17, 15) is 5.11 Å². The van der Waals surface area contributed by atoms with Crippen molar-refractivity contribution in [1.29, 1.82) is 0 Å². The predicted octanol–water partition coefficient (Wildman–Crippen LogP) is 3.94. The van der Waals surface area contributed by atoms with Crippen molar-refractivity contribution in [2.45, 2.75) is 12.8 Å². The predicted molar refractivity (Wildman–Crippen MR) is 99.9 cm³/mol. The number of allylic oxidation sites excluding steroid dienone is 1. The van der Waals surface area contributed by atoms with Crippen LogP contribution >= 0.6 is 0 Å². The number of benzene rings is 2. The van der Waals surface area contributed by atoms with Crippen LogP contribution in [0.5, 0.6) is 0 Å². The highest BCUT2D eigenvalue weighted by Crippen LogP contribution is 2.30. The quantitative estimate of drug-likeness (QED) is 0.794. The average Bonchev–Trinajstić information content (AvgIpc) is 3.43. The number of hydrogen-bond donors (Lipinski definition) is 1. The Morgan fingerprint density at radius 1 is 1.04 bits per heavy atom. The molecule has 24 heavy (non-hydrogen) atoms. The summed E-state index contributed by atoms with van der Waals surface area (Å²) in [5.41, 5.74) is 2.94. The number of para-hydroxylation sites is 1. The van der Waals surface area contributed by atoms with Crippen LogP contribution in [0, 0.1) is 5.92 Å². The number of aromatic nitrogens is 1. The van der Waals surface area contributed by atoms with Gasteiger partial charge < -0.3 is 5.11 Å². The molecule has 2 aromatic carbocycles. The Balaban J connectivity index is 2.10. The summed E-state index contributed by atoms with van der Waals surface area (Å²) < 4.78 is 0. The number of hydrogen-bond acceptors (Lipinski definition) is 2. The molecule has 0 unspecified atom stereocenters. The van der Waals surface area contributed by atoms with Gasteiger partial charge in [-0.3, -0.25) is 0 Å². The fourth-order valence-electron chi connectivity index (χ4n) is 3.04. The molecule has 118 valence electrons. The third-order valence-electron chi connectivity index (χ3n) is 4.43. The first kappa shape index (κ1) is 14.7. The van der Waals surface area contributed by atoms with Gasteiger partial charge in [-0.05, 0) is 36.5 Å². The van der Waals surface area contributed by atoms with E-state index in [0.29, 0.717) is 11.3 Å². The Morgan fingerprint density at radius 3 is 2.50 bits per heavy atom. The maximum Gasteiger partial charge on any atom is 0.125 e. The minimum absolute atomic E-state index is 0.240. The van der Waals surface area contributed by atoms with Gasteiger partial charge in [-0.25, -0.2) is 4.98 Å². The normalized spacial score (nSPS) is 15.8. The van der Waals surface area contributed by atoms with E-state index in [1.165, 1.54) is 12.8 Å². The van der Waals surface area contributed by atoms with E-state index in [1.807, 2.05) is 48.5 Å². The van der Waals surface area contributed by atoms with Crippen LogP contribution in [-0.2, 0) is 0 Å². The van der Waals surface area contributed by atoms with E-state index in [0.717, 1.165) is 27.2 Å². The number of rotatable bonds is 3. The van der Waals surface area contributed by atoms with Crippen molar-refractivity contribution in [2.75, 3.05) is 0 Å². The third kappa shape index (κ3) is 2.71. The summed E-state index contributed by atoms with van der Waals surface area (Å²) in [5, 5.41) is 13.1. The topological polar surface area (TPSA) is 33.1 Å². The van der Waals surface area contributed by atoms with E-state index in [4.69, 9.17) is 0 Å². The van der Waals surface area contributed by atoms with Crippen molar-refractivity contribution in [3.05, 3.63) is 77.3 Å². The first-order valence-electron chi connectivity index (χ1n) is 8.28.